The lowest BCUT2D eigenvalue weighted by Gasteiger charge is -2.16. The molecule has 0 spiro atoms. The van der Waals surface area contributed by atoms with E-state index >= 15 is 0 Å². The van der Waals surface area contributed by atoms with E-state index in [2.05, 4.69) is 4.74 Å². The van der Waals surface area contributed by atoms with Crippen molar-refractivity contribution in [2.24, 2.45) is 0 Å². The van der Waals surface area contributed by atoms with Crippen molar-refractivity contribution in [1.29, 1.82) is 0 Å². The van der Waals surface area contributed by atoms with Crippen LogP contribution in [-0.4, -0.2) is 48.8 Å². The lowest BCUT2D eigenvalue weighted by atomic mass is 10.2. The molecule has 2 heterocycles. The highest BCUT2D eigenvalue weighted by molar-refractivity contribution is 8.04. The largest absolute Gasteiger partial charge is 0.466 e. The van der Waals surface area contributed by atoms with Gasteiger partial charge in [-0.2, -0.15) is 0 Å². The fourth-order valence-electron chi connectivity index (χ4n) is 2.59. The maximum Gasteiger partial charge on any atom is 0.374 e. The lowest BCUT2D eigenvalue weighted by Crippen LogP contribution is -2.27. The third kappa shape index (κ3) is 4.42. The number of ether oxygens (including phenoxy) is 2. The Labute approximate surface area is 164 Å². The van der Waals surface area contributed by atoms with Crippen LogP contribution in [0.25, 0.3) is 11.0 Å². The van der Waals surface area contributed by atoms with Crippen LogP contribution in [0.2, 0.25) is 0 Å². The second-order valence-electron chi connectivity index (χ2n) is 5.80. The highest BCUT2D eigenvalue weighted by atomic mass is 32.2. The lowest BCUT2D eigenvalue weighted by molar-refractivity contribution is -0.134. The van der Waals surface area contributed by atoms with E-state index < -0.39 is 11.9 Å². The number of nitrogens with zero attached hydrogens (tertiary/aromatic N) is 1. The Balaban J connectivity index is 1.57. The number of benzene rings is 1. The fraction of sp³-hybridized carbons (Fsp3) is 0.263. The first-order valence-corrected chi connectivity index (χ1v) is 9.41. The second-order valence-corrected chi connectivity index (χ2v) is 6.80. The second kappa shape index (κ2) is 8.75. The van der Waals surface area contributed by atoms with Gasteiger partial charge in [0.05, 0.1) is 36.0 Å². The van der Waals surface area contributed by atoms with E-state index in [1.807, 2.05) is 0 Å². The van der Waals surface area contributed by atoms with Gasteiger partial charge in [-0.05, 0) is 18.6 Å². The van der Waals surface area contributed by atoms with Gasteiger partial charge in [0.25, 0.3) is 0 Å². The van der Waals surface area contributed by atoms with Crippen molar-refractivity contribution in [3.05, 3.63) is 57.4 Å². The van der Waals surface area contributed by atoms with Gasteiger partial charge in [-0.3, -0.25) is 9.59 Å². The fourth-order valence-corrected chi connectivity index (χ4v) is 3.55. The summed E-state index contributed by atoms with van der Waals surface area (Å²) in [6.07, 6.45) is 1.61. The van der Waals surface area contributed by atoms with Gasteiger partial charge >= 0.3 is 11.9 Å². The van der Waals surface area contributed by atoms with Gasteiger partial charge < -0.3 is 18.8 Å². The molecule has 0 radical (unpaired) electrons. The van der Waals surface area contributed by atoms with E-state index in [4.69, 9.17) is 9.15 Å². The van der Waals surface area contributed by atoms with E-state index in [-0.39, 0.29) is 36.0 Å². The number of thioether (sulfide) groups is 1. The van der Waals surface area contributed by atoms with Crippen LogP contribution in [-0.2, 0) is 19.1 Å². The first kappa shape index (κ1) is 19.7. The van der Waals surface area contributed by atoms with Crippen molar-refractivity contribution in [3.8, 4) is 0 Å². The summed E-state index contributed by atoms with van der Waals surface area (Å²) in [7, 11) is 1.26. The molecule has 2 aromatic rings. The number of carbonyl (C=O) groups excluding carboxylic acids is 3. The van der Waals surface area contributed by atoms with Gasteiger partial charge in [0.2, 0.25) is 11.7 Å². The molecule has 8 nitrogen and oxygen atoms in total. The zero-order valence-electron chi connectivity index (χ0n) is 15.0. The molecule has 9 heteroatoms. The van der Waals surface area contributed by atoms with Crippen LogP contribution in [0, 0.1) is 0 Å². The number of hydrogen-bond donors (Lipinski definition) is 0. The summed E-state index contributed by atoms with van der Waals surface area (Å²) in [4.78, 5) is 48.9. The maximum absolute atomic E-state index is 12.1. The van der Waals surface area contributed by atoms with Crippen molar-refractivity contribution >= 4 is 40.6 Å². The molecule has 3 rings (SSSR count). The molecule has 0 saturated carbocycles. The molecule has 1 aromatic heterocycles. The number of fused-ring (bicyclic) bond motifs is 1. The number of hydrogen-bond acceptors (Lipinski definition) is 8. The normalized spacial score (nSPS) is 15.2. The van der Waals surface area contributed by atoms with Crippen LogP contribution in [0.3, 0.4) is 0 Å². The van der Waals surface area contributed by atoms with E-state index in [0.717, 1.165) is 6.07 Å². The Morgan fingerprint density at radius 1 is 1.29 bits per heavy atom. The summed E-state index contributed by atoms with van der Waals surface area (Å²) in [6, 6.07) is 7.71. The van der Waals surface area contributed by atoms with E-state index in [1.165, 1.54) is 29.8 Å². The first-order valence-electron chi connectivity index (χ1n) is 8.42. The van der Waals surface area contributed by atoms with E-state index in [9.17, 15) is 19.2 Å². The van der Waals surface area contributed by atoms with Gasteiger partial charge in [0.15, 0.2) is 5.43 Å². The molecule has 0 atom stereocenters. The summed E-state index contributed by atoms with van der Waals surface area (Å²) in [5.41, 5.74) is -0.0229. The molecule has 0 aliphatic carbocycles. The van der Waals surface area contributed by atoms with E-state index in [0.29, 0.717) is 22.4 Å². The number of amides is 1. The maximum atomic E-state index is 12.1. The van der Waals surface area contributed by atoms with Crippen molar-refractivity contribution in [3.63, 3.8) is 0 Å². The standard InChI is InChI=1S/C19H17NO7S/c1-25-18(23)10-17-20(16(22)11-28-17)7-4-8-26-19(24)15-9-13(21)12-5-2-3-6-14(12)27-15/h2-3,5-6,9-10H,4,7-8,11H2,1H3/b17-10+. The van der Waals surface area contributed by atoms with Gasteiger partial charge in [-0.1, -0.05) is 23.9 Å². The molecule has 1 fully saturated rings. The molecular formula is C19H17NO7S. The van der Waals surface area contributed by atoms with Gasteiger partial charge in [-0.15, -0.1) is 0 Å². The molecule has 1 amide bonds. The molecule has 1 aliphatic rings. The third-order valence-corrected chi connectivity index (χ3v) is 4.97. The highest BCUT2D eigenvalue weighted by Crippen LogP contribution is 2.28. The summed E-state index contributed by atoms with van der Waals surface area (Å²) in [6.45, 7) is 0.304. The van der Waals surface area contributed by atoms with Crippen molar-refractivity contribution in [2.45, 2.75) is 6.42 Å². The SMILES string of the molecule is COC(=O)/C=C1/SCC(=O)N1CCCOC(=O)c1cc(=O)c2ccccc2o1. The Morgan fingerprint density at radius 2 is 2.07 bits per heavy atom. The van der Waals surface area contributed by atoms with Crippen LogP contribution < -0.4 is 5.43 Å². The summed E-state index contributed by atoms with van der Waals surface area (Å²) < 4.78 is 15.1. The monoisotopic (exact) mass is 403 g/mol. The Kier molecular flexibility index (Phi) is 6.15. The van der Waals surface area contributed by atoms with Crippen molar-refractivity contribution in [1.82, 2.24) is 4.90 Å². The molecule has 0 N–H and O–H groups in total. The van der Waals surface area contributed by atoms with E-state index in [1.54, 1.807) is 24.3 Å². The van der Waals surface area contributed by atoms with Crippen molar-refractivity contribution < 1.29 is 28.3 Å². The van der Waals surface area contributed by atoms with Crippen LogP contribution in [0.1, 0.15) is 17.0 Å². The predicted molar refractivity (Wildman–Crippen MR) is 102 cm³/mol. The van der Waals surface area contributed by atoms with Crippen LogP contribution in [0.5, 0.6) is 0 Å². The van der Waals surface area contributed by atoms with Gasteiger partial charge in [0, 0.05) is 12.6 Å². The van der Waals surface area contributed by atoms with Crippen molar-refractivity contribution in [2.75, 3.05) is 26.0 Å². The third-order valence-electron chi connectivity index (χ3n) is 3.95. The topological polar surface area (TPSA) is 103 Å². The summed E-state index contributed by atoms with van der Waals surface area (Å²) in [5, 5.41) is 0.887. The molecule has 0 unspecified atom stereocenters. The average Bonchev–Trinajstić information content (AvgIpc) is 3.04. The number of carbonyl (C=O) groups is 3. The smallest absolute Gasteiger partial charge is 0.374 e. The first-order chi connectivity index (χ1) is 13.5. The summed E-state index contributed by atoms with van der Waals surface area (Å²) in [5.74, 6) is -1.37. The average molecular weight is 403 g/mol. The molecule has 1 aliphatic heterocycles. The van der Waals surface area contributed by atoms with Gasteiger partial charge in [-0.25, -0.2) is 9.59 Å². The summed E-state index contributed by atoms with van der Waals surface area (Å²) >= 11 is 1.25. The number of esters is 2. The Bertz CT molecular complexity index is 1010. The number of para-hydroxylation sites is 1. The zero-order valence-corrected chi connectivity index (χ0v) is 15.8. The molecule has 0 bridgehead atoms. The molecule has 28 heavy (non-hydrogen) atoms. The predicted octanol–water partition coefficient (Wildman–Crippen LogP) is 1.93. The Hall–Kier alpha value is -3.07. The zero-order chi connectivity index (χ0) is 20.1. The Morgan fingerprint density at radius 3 is 2.86 bits per heavy atom. The van der Waals surface area contributed by atoms with Crippen LogP contribution in [0.15, 0.2) is 50.6 Å². The van der Waals surface area contributed by atoms with Crippen LogP contribution >= 0.6 is 11.8 Å². The molecule has 1 aromatic carbocycles. The minimum Gasteiger partial charge on any atom is -0.466 e. The minimum absolute atomic E-state index is 0.0231. The molecular weight excluding hydrogens is 386 g/mol. The molecule has 1 saturated heterocycles. The highest BCUT2D eigenvalue weighted by Gasteiger charge is 2.27. The number of methoxy groups -OCH3 is 1. The quantitative estimate of drug-likeness (QED) is 0.409. The van der Waals surface area contributed by atoms with Crippen LogP contribution in [0.4, 0.5) is 0 Å². The number of rotatable bonds is 6. The minimum atomic E-state index is -0.754. The molecule has 146 valence electrons. The van der Waals surface area contributed by atoms with Gasteiger partial charge in [0.1, 0.15) is 5.58 Å².